The monoisotopic (exact) mass is 518 g/mol. The Balaban J connectivity index is 1.77. The number of aliphatic hydroxyl groups is 4. The molecule has 37 heavy (non-hydrogen) atoms. The van der Waals surface area contributed by atoms with Crippen molar-refractivity contribution < 1.29 is 34.8 Å². The fourth-order valence-corrected chi connectivity index (χ4v) is 9.24. The van der Waals surface area contributed by atoms with Gasteiger partial charge >= 0.3 is 0 Å². The molecule has 7 heteroatoms. The van der Waals surface area contributed by atoms with Crippen LogP contribution in [-0.4, -0.2) is 61.2 Å². The topological polar surface area (TPSA) is 132 Å². The Morgan fingerprint density at radius 3 is 2.19 bits per heavy atom. The molecule has 0 unspecified atom stereocenters. The Morgan fingerprint density at radius 2 is 1.62 bits per heavy atom. The molecule has 208 valence electrons. The molecule has 0 saturated heterocycles. The third-order valence-electron chi connectivity index (χ3n) is 11.5. The van der Waals surface area contributed by atoms with E-state index in [2.05, 4.69) is 13.0 Å². The van der Waals surface area contributed by atoms with Crippen LogP contribution in [0.15, 0.2) is 11.6 Å². The van der Waals surface area contributed by atoms with Crippen molar-refractivity contribution in [2.75, 3.05) is 0 Å². The minimum atomic E-state index is -1.86. The van der Waals surface area contributed by atoms with Crippen LogP contribution in [0.3, 0.4) is 0 Å². The van der Waals surface area contributed by atoms with Crippen LogP contribution in [0.2, 0.25) is 0 Å². The number of hydrogen-bond donors (Lipinski definition) is 4. The molecule has 0 heterocycles. The SMILES string of the molecule is CC(C)(O)CCC(=O)[C@](C)(O)[C@H]1[C@H](O)C[C@@]2(C)[C@@H]3CC=C4[C@H](C[C@H](O)C(=O)C4(C)C)[C@]3(C)C(=O)C[C@]12C. The molecule has 4 aliphatic rings. The molecular weight excluding hydrogens is 472 g/mol. The fraction of sp³-hybridized carbons (Fsp3) is 0.833. The van der Waals surface area contributed by atoms with Crippen LogP contribution in [0.25, 0.3) is 0 Å². The first kappa shape index (κ1) is 28.6. The van der Waals surface area contributed by atoms with E-state index in [0.29, 0.717) is 12.8 Å². The highest BCUT2D eigenvalue weighted by atomic mass is 16.3. The van der Waals surface area contributed by atoms with Gasteiger partial charge in [-0.15, -0.1) is 0 Å². The first-order valence-electron chi connectivity index (χ1n) is 13.8. The maximum atomic E-state index is 14.2. The molecular formula is C30H46O7. The van der Waals surface area contributed by atoms with Crippen LogP contribution in [0.4, 0.5) is 0 Å². The van der Waals surface area contributed by atoms with E-state index in [-0.39, 0.29) is 49.1 Å². The van der Waals surface area contributed by atoms with Crippen molar-refractivity contribution in [2.45, 2.75) is 117 Å². The van der Waals surface area contributed by atoms with Gasteiger partial charge in [-0.05, 0) is 83.0 Å². The molecule has 3 saturated carbocycles. The lowest BCUT2D eigenvalue weighted by atomic mass is 9.38. The van der Waals surface area contributed by atoms with Gasteiger partial charge in [0.05, 0.1) is 11.7 Å². The summed E-state index contributed by atoms with van der Waals surface area (Å²) >= 11 is 0. The van der Waals surface area contributed by atoms with Gasteiger partial charge in [-0.2, -0.15) is 0 Å². The number of hydrogen-bond acceptors (Lipinski definition) is 7. The third kappa shape index (κ3) is 3.78. The van der Waals surface area contributed by atoms with E-state index in [1.165, 1.54) is 6.92 Å². The van der Waals surface area contributed by atoms with Gasteiger partial charge in [0.15, 0.2) is 11.6 Å². The highest BCUT2D eigenvalue weighted by Crippen LogP contribution is 2.74. The quantitative estimate of drug-likeness (QED) is 0.411. The Kier molecular flexibility index (Phi) is 6.41. The third-order valence-corrected chi connectivity index (χ3v) is 11.5. The van der Waals surface area contributed by atoms with Crippen molar-refractivity contribution in [3.8, 4) is 0 Å². The summed E-state index contributed by atoms with van der Waals surface area (Å²) in [7, 11) is 0. The van der Waals surface area contributed by atoms with Crippen LogP contribution in [-0.2, 0) is 14.4 Å². The second kappa shape index (κ2) is 8.30. The summed E-state index contributed by atoms with van der Waals surface area (Å²) in [5, 5.41) is 43.9. The number of fused-ring (bicyclic) bond motifs is 5. The molecule has 4 N–H and O–H groups in total. The molecule has 0 aromatic rings. The summed E-state index contributed by atoms with van der Waals surface area (Å²) < 4.78 is 0. The lowest BCUT2D eigenvalue weighted by Gasteiger charge is -2.64. The zero-order valence-electron chi connectivity index (χ0n) is 23.7. The Morgan fingerprint density at radius 1 is 1.03 bits per heavy atom. The molecule has 0 aliphatic heterocycles. The predicted molar refractivity (Wildman–Crippen MR) is 138 cm³/mol. The maximum absolute atomic E-state index is 14.2. The molecule has 3 fully saturated rings. The van der Waals surface area contributed by atoms with Gasteiger partial charge < -0.3 is 20.4 Å². The van der Waals surface area contributed by atoms with Crippen molar-refractivity contribution in [2.24, 2.45) is 39.4 Å². The normalized spacial score (nSPS) is 44.9. The Labute approximate surface area is 220 Å². The van der Waals surface area contributed by atoms with Gasteiger partial charge in [0.1, 0.15) is 17.5 Å². The van der Waals surface area contributed by atoms with Crippen molar-refractivity contribution in [1.82, 2.24) is 0 Å². The standard InChI is InChI=1S/C30H46O7/c1-25(2,36)12-11-21(33)30(8,37)23-19(32)14-27(5)20-10-9-16-17(13-18(31)24(35)26(16,3)4)29(20,7)22(34)15-28(23,27)6/h9,17-20,23,31-32,36-37H,10-15H2,1-8H3/t17-,18-,19+,20-,23-,27-,28+,29-,30-/m0/s1. The number of carbonyl (C=O) groups excluding carboxylic acids is 3. The van der Waals surface area contributed by atoms with E-state index in [9.17, 15) is 34.8 Å². The van der Waals surface area contributed by atoms with Gasteiger partial charge in [-0.3, -0.25) is 14.4 Å². The summed E-state index contributed by atoms with van der Waals surface area (Å²) in [6.07, 6.45) is 1.33. The van der Waals surface area contributed by atoms with Crippen molar-refractivity contribution in [1.29, 1.82) is 0 Å². The second-order valence-corrected chi connectivity index (χ2v) is 14.6. The lowest BCUT2D eigenvalue weighted by Crippen LogP contribution is -2.65. The molecule has 0 aromatic heterocycles. The zero-order chi connectivity index (χ0) is 28.1. The number of allylic oxidation sites excluding steroid dienone is 2. The molecule has 7 nitrogen and oxygen atoms in total. The van der Waals surface area contributed by atoms with E-state index >= 15 is 0 Å². The van der Waals surface area contributed by atoms with E-state index in [4.69, 9.17) is 0 Å². The fourth-order valence-electron chi connectivity index (χ4n) is 9.24. The van der Waals surface area contributed by atoms with Gasteiger partial charge in [0, 0.05) is 29.6 Å². The van der Waals surface area contributed by atoms with E-state index in [1.54, 1.807) is 13.8 Å². The number of aliphatic hydroxyl groups excluding tert-OH is 2. The smallest absolute Gasteiger partial charge is 0.170 e. The van der Waals surface area contributed by atoms with Gasteiger partial charge in [-0.25, -0.2) is 0 Å². The average Bonchev–Trinajstić information content (AvgIpc) is 2.96. The van der Waals surface area contributed by atoms with Crippen LogP contribution >= 0.6 is 0 Å². The summed E-state index contributed by atoms with van der Waals surface area (Å²) in [4.78, 5) is 40.4. The minimum absolute atomic E-state index is 0.00395. The van der Waals surface area contributed by atoms with Gasteiger partial charge in [0.25, 0.3) is 0 Å². The number of carbonyl (C=O) groups is 3. The highest BCUT2D eigenvalue weighted by Gasteiger charge is 2.74. The van der Waals surface area contributed by atoms with E-state index < -0.39 is 56.8 Å². The maximum Gasteiger partial charge on any atom is 0.170 e. The molecule has 0 bridgehead atoms. The Bertz CT molecular complexity index is 1050. The lowest BCUT2D eigenvalue weighted by molar-refractivity contribution is -0.185. The number of ketones is 3. The minimum Gasteiger partial charge on any atom is -0.393 e. The Hall–Kier alpha value is -1.41. The first-order chi connectivity index (χ1) is 16.7. The summed E-state index contributed by atoms with van der Waals surface area (Å²) in [6, 6.07) is 0. The van der Waals surface area contributed by atoms with Crippen molar-refractivity contribution in [3.05, 3.63) is 11.6 Å². The molecule has 4 rings (SSSR count). The van der Waals surface area contributed by atoms with Crippen LogP contribution in [0.5, 0.6) is 0 Å². The number of rotatable bonds is 5. The summed E-state index contributed by atoms with van der Waals surface area (Å²) in [5.74, 6) is -1.96. The molecule has 0 spiro atoms. The largest absolute Gasteiger partial charge is 0.393 e. The molecule has 0 radical (unpaired) electrons. The van der Waals surface area contributed by atoms with Crippen LogP contribution in [0.1, 0.15) is 93.9 Å². The van der Waals surface area contributed by atoms with Gasteiger partial charge in [0.2, 0.25) is 0 Å². The average molecular weight is 519 g/mol. The van der Waals surface area contributed by atoms with E-state index in [1.807, 2.05) is 27.7 Å². The number of Topliss-reactive ketones (excluding diaryl/α,β-unsaturated/α-hetero) is 3. The molecule has 4 aliphatic carbocycles. The van der Waals surface area contributed by atoms with Crippen LogP contribution in [0, 0.1) is 39.4 Å². The predicted octanol–water partition coefficient (Wildman–Crippen LogP) is 3.15. The van der Waals surface area contributed by atoms with Gasteiger partial charge in [-0.1, -0.05) is 32.4 Å². The van der Waals surface area contributed by atoms with Crippen molar-refractivity contribution in [3.63, 3.8) is 0 Å². The highest BCUT2D eigenvalue weighted by molar-refractivity contribution is 5.95. The van der Waals surface area contributed by atoms with E-state index in [0.717, 1.165) is 5.57 Å². The first-order valence-corrected chi connectivity index (χ1v) is 13.8. The molecule has 0 aromatic carbocycles. The summed E-state index contributed by atoms with van der Waals surface area (Å²) in [6.45, 7) is 14.3. The zero-order valence-corrected chi connectivity index (χ0v) is 23.7. The second-order valence-electron chi connectivity index (χ2n) is 14.6. The molecule has 9 atom stereocenters. The molecule has 0 amide bonds. The summed E-state index contributed by atoms with van der Waals surface area (Å²) in [5.41, 5.74) is -5.10. The van der Waals surface area contributed by atoms with Crippen molar-refractivity contribution >= 4 is 17.3 Å². The van der Waals surface area contributed by atoms with Crippen LogP contribution < -0.4 is 0 Å².